The van der Waals surface area contributed by atoms with Crippen molar-refractivity contribution in [1.82, 2.24) is 0 Å². The molecule has 1 rings (SSSR count). The molecule has 1 aromatic carbocycles. The highest BCUT2D eigenvalue weighted by atomic mass is 32.5. The van der Waals surface area contributed by atoms with E-state index in [0.29, 0.717) is 37.1 Å². The monoisotopic (exact) mass is 523 g/mol. The molecule has 0 aromatic heterocycles. The van der Waals surface area contributed by atoms with Gasteiger partial charge in [0.15, 0.2) is 0 Å². The number of likely N-dealkylation sites (N-methyl/N-ethyl adjacent to an activating group) is 1. The molecule has 0 aliphatic rings. The van der Waals surface area contributed by atoms with Gasteiger partial charge >= 0.3 is 12.7 Å². The van der Waals surface area contributed by atoms with Gasteiger partial charge in [-0.15, -0.1) is 0 Å². The van der Waals surface area contributed by atoms with Gasteiger partial charge in [0.1, 0.15) is 24.1 Å². The quantitative estimate of drug-likeness (QED) is 0.164. The molecular formula is C23H42NO8PS. The summed E-state index contributed by atoms with van der Waals surface area (Å²) in [6, 6.07) is 5.86. The minimum absolute atomic E-state index is 0. The Balaban J connectivity index is 0.0000109. The molecule has 0 heterocycles. The molecule has 0 fully saturated rings. The maximum absolute atomic E-state index is 11.1. The summed E-state index contributed by atoms with van der Waals surface area (Å²) in [5, 5.41) is 9.09. The molecule has 0 spiro atoms. The van der Waals surface area contributed by atoms with Gasteiger partial charge in [0.2, 0.25) is 0 Å². The lowest BCUT2D eigenvalue weighted by Gasteiger charge is -2.30. The molecule has 11 heteroatoms. The third-order valence-electron chi connectivity index (χ3n) is 4.54. The van der Waals surface area contributed by atoms with E-state index in [1.165, 1.54) is 0 Å². The van der Waals surface area contributed by atoms with Crippen LogP contribution in [0.2, 0.25) is 0 Å². The number of unbranched alkanes of at least 4 members (excludes halogenated alkanes) is 3. The fourth-order valence-corrected chi connectivity index (χ4v) is 4.68. The molecule has 0 saturated carbocycles. The lowest BCUT2D eigenvalue weighted by molar-refractivity contribution is -0.873. The van der Waals surface area contributed by atoms with Crippen LogP contribution >= 0.6 is 6.72 Å². The lowest BCUT2D eigenvalue weighted by Crippen LogP contribution is -2.42. The van der Waals surface area contributed by atoms with Crippen LogP contribution in [0.4, 0.5) is 0 Å². The number of aliphatic carboxylic acids is 1. The van der Waals surface area contributed by atoms with Crippen molar-refractivity contribution in [2.24, 2.45) is 0 Å². The molecule has 34 heavy (non-hydrogen) atoms. The van der Waals surface area contributed by atoms with Crippen LogP contribution in [0.3, 0.4) is 0 Å². The van der Waals surface area contributed by atoms with E-state index >= 15 is 0 Å². The van der Waals surface area contributed by atoms with E-state index in [0.717, 1.165) is 36.3 Å². The molecule has 0 saturated heterocycles. The summed E-state index contributed by atoms with van der Waals surface area (Å²) in [5.74, 6) is 0.562. The van der Waals surface area contributed by atoms with Crippen molar-refractivity contribution >= 4 is 24.5 Å². The number of rotatable bonds is 18. The van der Waals surface area contributed by atoms with Crippen LogP contribution in [0.25, 0.3) is 0 Å². The van der Waals surface area contributed by atoms with Gasteiger partial charge in [-0.05, 0) is 55.7 Å². The van der Waals surface area contributed by atoms with Crippen LogP contribution in [-0.4, -0.2) is 79.5 Å². The zero-order chi connectivity index (χ0) is 24.9. The highest BCUT2D eigenvalue weighted by Crippen LogP contribution is 2.45. The summed E-state index contributed by atoms with van der Waals surface area (Å²) < 4.78 is 23.0. The fraction of sp³-hybridized carbons (Fsp3) is 0.696. The molecule has 1 unspecified atom stereocenters. The molecule has 0 aliphatic carbocycles. The molecule has 1 aromatic rings. The van der Waals surface area contributed by atoms with Crippen molar-refractivity contribution in [2.75, 3.05) is 47.5 Å². The number of ether oxygens (including phenoxy) is 2. The topological polar surface area (TPSA) is 124 Å². The maximum Gasteiger partial charge on any atom is 0.325 e. The first-order valence-corrected chi connectivity index (χ1v) is 14.0. The van der Waals surface area contributed by atoms with Crippen LogP contribution in [-0.2, 0) is 25.6 Å². The Labute approximate surface area is 209 Å². The van der Waals surface area contributed by atoms with Gasteiger partial charge < -0.3 is 34.0 Å². The van der Waals surface area contributed by atoms with Gasteiger partial charge in [-0.25, -0.2) is 0 Å². The standard InChI is InChI=1S/C23H40NO7PS.H2O/c1-6-7-8-11-28-20-14-19(2)15-21(16-20)29-12-9-10-13-30-32(27,33)31-22(17-23(25)26)18-24(3,4)5;/h14-16,22H,6-13,17-18H2,1-5H3,(H-,25,26,27,33);1H2/t22-,32?;/m1./s1. The maximum atomic E-state index is 11.1. The number of carboxylic acid groups (broad SMARTS) is 1. The zero-order valence-corrected chi connectivity index (χ0v) is 22.8. The number of nitrogens with zero attached hydrogens (tertiary/aromatic N) is 1. The average molecular weight is 524 g/mol. The minimum atomic E-state index is -3.52. The molecule has 3 N–H and O–H groups in total. The van der Waals surface area contributed by atoms with Crippen LogP contribution in [0, 0.1) is 6.92 Å². The molecule has 0 aliphatic heterocycles. The summed E-state index contributed by atoms with van der Waals surface area (Å²) in [6.07, 6.45) is 3.70. The fourth-order valence-electron chi connectivity index (χ4n) is 3.16. The second-order valence-electron chi connectivity index (χ2n) is 9.19. The van der Waals surface area contributed by atoms with Crippen molar-refractivity contribution in [3.63, 3.8) is 0 Å². The summed E-state index contributed by atoms with van der Waals surface area (Å²) in [4.78, 5) is 21.4. The van der Waals surface area contributed by atoms with Crippen molar-refractivity contribution in [1.29, 1.82) is 0 Å². The van der Waals surface area contributed by atoms with Gasteiger partial charge in [0.25, 0.3) is 0 Å². The van der Waals surface area contributed by atoms with Crippen molar-refractivity contribution in [3.8, 4) is 11.5 Å². The zero-order valence-electron chi connectivity index (χ0n) is 21.1. The summed E-state index contributed by atoms with van der Waals surface area (Å²) >= 11 is 5.07. The van der Waals surface area contributed by atoms with E-state index in [4.69, 9.17) is 35.4 Å². The van der Waals surface area contributed by atoms with Gasteiger partial charge in [0.05, 0.1) is 47.4 Å². The van der Waals surface area contributed by atoms with Gasteiger partial charge in [-0.1, -0.05) is 19.8 Å². The van der Waals surface area contributed by atoms with Crippen molar-refractivity contribution < 1.29 is 43.3 Å². The first-order chi connectivity index (χ1) is 15.4. The van der Waals surface area contributed by atoms with E-state index < -0.39 is 18.8 Å². The highest BCUT2D eigenvalue weighted by Gasteiger charge is 2.28. The van der Waals surface area contributed by atoms with Crippen LogP contribution in [0.1, 0.15) is 51.0 Å². The van der Waals surface area contributed by atoms with Crippen molar-refractivity contribution in [2.45, 2.75) is 58.5 Å². The summed E-state index contributed by atoms with van der Waals surface area (Å²) in [5.41, 5.74) is 1.07. The molecule has 0 amide bonds. The summed E-state index contributed by atoms with van der Waals surface area (Å²) in [6.45, 7) is 2.43. The molecule has 2 atom stereocenters. The van der Waals surface area contributed by atoms with Gasteiger partial charge in [-0.2, -0.15) is 0 Å². The number of aryl methyl sites for hydroxylation is 1. The van der Waals surface area contributed by atoms with Gasteiger partial charge in [0, 0.05) is 6.07 Å². The number of benzene rings is 1. The highest BCUT2D eigenvalue weighted by molar-refractivity contribution is 8.07. The number of quaternary nitrogens is 1. The Morgan fingerprint density at radius 2 is 1.56 bits per heavy atom. The Hall–Kier alpha value is -1.26. The van der Waals surface area contributed by atoms with E-state index in [2.05, 4.69) is 6.92 Å². The first-order valence-electron chi connectivity index (χ1n) is 11.5. The van der Waals surface area contributed by atoms with Crippen molar-refractivity contribution in [3.05, 3.63) is 23.8 Å². The van der Waals surface area contributed by atoms with Crippen LogP contribution in [0.15, 0.2) is 18.2 Å². The van der Waals surface area contributed by atoms with Crippen LogP contribution < -0.4 is 9.47 Å². The number of hydrogen-bond donors (Lipinski definition) is 2. The second kappa shape index (κ2) is 16.4. The Morgan fingerprint density at radius 3 is 2.06 bits per heavy atom. The molecular weight excluding hydrogens is 481 g/mol. The largest absolute Gasteiger partial charge is 0.870 e. The summed E-state index contributed by atoms with van der Waals surface area (Å²) in [7, 11) is 5.74. The molecule has 9 nitrogen and oxygen atoms in total. The van der Waals surface area contributed by atoms with E-state index in [1.807, 2.05) is 46.3 Å². The smallest absolute Gasteiger partial charge is 0.325 e. The number of hydrogen-bond acceptors (Lipinski definition) is 7. The third kappa shape index (κ3) is 16.4. The normalized spacial score (nSPS) is 14.1. The Bertz CT molecular complexity index is 772. The SMILES string of the molecule is CCCCCOc1cc(C)cc(OCCCCOP(O)(=S)O[C@H](CC(=O)O)C[N+](C)(C)C)c1.[OH-]. The molecule has 198 valence electrons. The lowest BCUT2D eigenvalue weighted by atomic mass is 10.2. The second-order valence-corrected chi connectivity index (χ2v) is 12.0. The minimum Gasteiger partial charge on any atom is -0.870 e. The number of carbonyl (C=O) groups is 1. The Kier molecular flexibility index (Phi) is 15.8. The predicted octanol–water partition coefficient (Wildman–Crippen LogP) is 4.35. The van der Waals surface area contributed by atoms with E-state index in [9.17, 15) is 9.69 Å². The third-order valence-corrected chi connectivity index (χ3v) is 6.19. The first kappa shape index (κ1) is 32.7. The predicted molar refractivity (Wildman–Crippen MR) is 135 cm³/mol. The molecule has 0 radical (unpaired) electrons. The van der Waals surface area contributed by atoms with Gasteiger partial charge in [-0.3, -0.25) is 9.32 Å². The molecule has 0 bridgehead atoms. The van der Waals surface area contributed by atoms with E-state index in [-0.39, 0.29) is 18.5 Å². The Morgan fingerprint density at radius 1 is 1.03 bits per heavy atom. The van der Waals surface area contributed by atoms with E-state index in [1.54, 1.807) is 0 Å². The average Bonchev–Trinajstić information content (AvgIpc) is 2.65. The number of carboxylic acids is 1. The van der Waals surface area contributed by atoms with Crippen LogP contribution in [0.5, 0.6) is 11.5 Å².